The molecule has 1 saturated heterocycles. The molecule has 0 radical (unpaired) electrons. The smallest absolute Gasteiger partial charge is 0.276 e. The Kier molecular flexibility index (Phi) is 3.71. The van der Waals surface area contributed by atoms with E-state index >= 15 is 0 Å². The summed E-state index contributed by atoms with van der Waals surface area (Å²) in [5, 5.41) is 14.3. The first-order chi connectivity index (χ1) is 8.18. The molecule has 0 amide bonds. The van der Waals surface area contributed by atoms with Crippen molar-refractivity contribution in [1.82, 2.24) is 10.2 Å². The van der Waals surface area contributed by atoms with E-state index in [0.717, 1.165) is 37.3 Å². The van der Waals surface area contributed by atoms with Gasteiger partial charge < -0.3 is 5.32 Å². The van der Waals surface area contributed by atoms with Crippen molar-refractivity contribution in [3.8, 4) is 0 Å². The number of nitrogens with one attached hydrogen (secondary N) is 1. The second kappa shape index (κ2) is 5.25. The maximum atomic E-state index is 11.1. The first-order valence-corrected chi connectivity index (χ1v) is 5.84. The van der Waals surface area contributed by atoms with Crippen LogP contribution in [0.3, 0.4) is 0 Å². The molecule has 0 atom stereocenters. The summed E-state index contributed by atoms with van der Waals surface area (Å²) in [4.78, 5) is 13.0. The summed E-state index contributed by atoms with van der Waals surface area (Å²) in [6.45, 7) is 6.27. The highest BCUT2D eigenvalue weighted by atomic mass is 16.6. The van der Waals surface area contributed by atoms with E-state index in [1.165, 1.54) is 0 Å². The van der Waals surface area contributed by atoms with Gasteiger partial charge in [-0.25, -0.2) is 0 Å². The highest BCUT2D eigenvalue weighted by Gasteiger charge is 2.19. The largest absolute Gasteiger partial charge is 0.314 e. The van der Waals surface area contributed by atoms with Crippen LogP contribution in [0, 0.1) is 17.0 Å². The minimum Gasteiger partial charge on any atom is -0.314 e. The van der Waals surface area contributed by atoms with E-state index in [-0.39, 0.29) is 10.6 Å². The molecule has 1 fully saturated rings. The maximum absolute atomic E-state index is 11.1. The normalized spacial score (nSPS) is 17.0. The molecule has 0 aromatic heterocycles. The van der Waals surface area contributed by atoms with Crippen molar-refractivity contribution in [3.05, 3.63) is 39.4 Å². The number of nitro groups is 1. The van der Waals surface area contributed by atoms with Crippen LogP contribution in [0.1, 0.15) is 11.1 Å². The molecule has 2 rings (SSSR count). The molecule has 0 aliphatic carbocycles. The maximum Gasteiger partial charge on any atom is 0.276 e. The molecule has 1 N–H and O–H groups in total. The second-order valence-corrected chi connectivity index (χ2v) is 4.37. The van der Waals surface area contributed by atoms with Gasteiger partial charge in [0.15, 0.2) is 0 Å². The number of nitrogens with zero attached hydrogens (tertiary/aromatic N) is 2. The molecule has 0 unspecified atom stereocenters. The Morgan fingerprint density at radius 1 is 1.41 bits per heavy atom. The third-order valence-electron chi connectivity index (χ3n) is 3.11. The number of nitro benzene ring substituents is 1. The quantitative estimate of drug-likeness (QED) is 0.634. The number of aryl methyl sites for hydroxylation is 1. The zero-order valence-electron chi connectivity index (χ0n) is 9.98. The summed E-state index contributed by atoms with van der Waals surface area (Å²) < 4.78 is 0. The van der Waals surface area contributed by atoms with Gasteiger partial charge in [-0.3, -0.25) is 15.0 Å². The van der Waals surface area contributed by atoms with Crippen LogP contribution in [-0.2, 0) is 6.54 Å². The Morgan fingerprint density at radius 3 is 2.76 bits per heavy atom. The summed E-state index contributed by atoms with van der Waals surface area (Å²) >= 11 is 0. The first-order valence-electron chi connectivity index (χ1n) is 5.84. The Bertz CT molecular complexity index is 414. The van der Waals surface area contributed by atoms with Gasteiger partial charge in [-0.05, 0) is 6.92 Å². The van der Waals surface area contributed by atoms with E-state index in [0.29, 0.717) is 6.54 Å². The fourth-order valence-corrected chi connectivity index (χ4v) is 2.22. The van der Waals surface area contributed by atoms with Crippen LogP contribution in [0.2, 0.25) is 0 Å². The van der Waals surface area contributed by atoms with E-state index in [1.807, 2.05) is 12.1 Å². The van der Waals surface area contributed by atoms with Gasteiger partial charge in [0.2, 0.25) is 0 Å². The molecular formula is C12H17N3O2. The Balaban J connectivity index is 2.19. The van der Waals surface area contributed by atoms with Crippen LogP contribution >= 0.6 is 0 Å². The van der Waals surface area contributed by atoms with E-state index in [2.05, 4.69) is 10.2 Å². The van der Waals surface area contributed by atoms with Crippen LogP contribution in [-0.4, -0.2) is 36.0 Å². The number of benzene rings is 1. The minimum atomic E-state index is -0.271. The highest BCUT2D eigenvalue weighted by Crippen LogP contribution is 2.24. The average molecular weight is 235 g/mol. The first kappa shape index (κ1) is 12.0. The molecule has 5 heteroatoms. The summed E-state index contributed by atoms with van der Waals surface area (Å²) in [5.41, 5.74) is 1.82. The van der Waals surface area contributed by atoms with Crippen molar-refractivity contribution in [1.29, 1.82) is 0 Å². The molecule has 1 aromatic rings. The zero-order chi connectivity index (χ0) is 12.3. The molecule has 0 bridgehead atoms. The third kappa shape index (κ3) is 2.81. The van der Waals surface area contributed by atoms with Gasteiger partial charge in [0.1, 0.15) is 0 Å². The Hall–Kier alpha value is -1.46. The van der Waals surface area contributed by atoms with Crippen LogP contribution < -0.4 is 5.32 Å². The number of rotatable bonds is 3. The predicted octanol–water partition coefficient (Wildman–Crippen LogP) is 1.31. The van der Waals surface area contributed by atoms with E-state index in [4.69, 9.17) is 0 Å². The lowest BCUT2D eigenvalue weighted by atomic mass is 10.1. The topological polar surface area (TPSA) is 58.4 Å². The van der Waals surface area contributed by atoms with Crippen LogP contribution in [0.15, 0.2) is 18.2 Å². The van der Waals surface area contributed by atoms with Gasteiger partial charge in [-0.15, -0.1) is 0 Å². The molecule has 92 valence electrons. The van der Waals surface area contributed by atoms with Crippen LogP contribution in [0.25, 0.3) is 0 Å². The molecular weight excluding hydrogens is 218 g/mol. The lowest BCUT2D eigenvalue weighted by molar-refractivity contribution is -0.386. The molecule has 0 saturated carbocycles. The van der Waals surface area contributed by atoms with Crippen molar-refractivity contribution < 1.29 is 4.92 Å². The Morgan fingerprint density at radius 2 is 2.12 bits per heavy atom. The summed E-state index contributed by atoms with van der Waals surface area (Å²) in [6.07, 6.45) is 0. The van der Waals surface area contributed by atoms with E-state index < -0.39 is 0 Å². The lowest BCUT2D eigenvalue weighted by Crippen LogP contribution is -2.42. The van der Waals surface area contributed by atoms with Crippen molar-refractivity contribution in [3.63, 3.8) is 0 Å². The zero-order valence-corrected chi connectivity index (χ0v) is 9.98. The SMILES string of the molecule is Cc1cccc(CN2CCNCC2)c1[N+](=O)[O-]. The predicted molar refractivity (Wildman–Crippen MR) is 66.0 cm³/mol. The van der Waals surface area contributed by atoms with Gasteiger partial charge in [0, 0.05) is 43.9 Å². The van der Waals surface area contributed by atoms with Crippen molar-refractivity contribution >= 4 is 5.69 Å². The van der Waals surface area contributed by atoms with Crippen molar-refractivity contribution in [2.75, 3.05) is 26.2 Å². The Labute approximate surface area is 101 Å². The number of para-hydroxylation sites is 1. The van der Waals surface area contributed by atoms with Crippen molar-refractivity contribution in [2.24, 2.45) is 0 Å². The van der Waals surface area contributed by atoms with E-state index in [1.54, 1.807) is 13.0 Å². The standard InChI is InChI=1S/C12H17N3O2/c1-10-3-2-4-11(12(10)15(16)17)9-14-7-5-13-6-8-14/h2-4,13H,5-9H2,1H3. The second-order valence-electron chi connectivity index (χ2n) is 4.37. The van der Waals surface area contributed by atoms with Crippen LogP contribution in [0.4, 0.5) is 5.69 Å². The number of hydrogen-bond donors (Lipinski definition) is 1. The monoisotopic (exact) mass is 235 g/mol. The summed E-state index contributed by atoms with van der Waals surface area (Å²) in [5.74, 6) is 0. The van der Waals surface area contributed by atoms with Gasteiger partial charge in [-0.2, -0.15) is 0 Å². The number of hydrogen-bond acceptors (Lipinski definition) is 4. The lowest BCUT2D eigenvalue weighted by Gasteiger charge is -2.27. The molecule has 5 nitrogen and oxygen atoms in total. The molecule has 17 heavy (non-hydrogen) atoms. The minimum absolute atomic E-state index is 0.269. The summed E-state index contributed by atoms with van der Waals surface area (Å²) in [6, 6.07) is 5.53. The summed E-state index contributed by atoms with van der Waals surface area (Å²) in [7, 11) is 0. The average Bonchev–Trinajstić information content (AvgIpc) is 2.30. The van der Waals surface area contributed by atoms with Gasteiger partial charge in [0.05, 0.1) is 4.92 Å². The highest BCUT2D eigenvalue weighted by molar-refractivity contribution is 5.46. The van der Waals surface area contributed by atoms with Crippen LogP contribution in [0.5, 0.6) is 0 Å². The molecule has 1 aromatic carbocycles. The molecule has 0 spiro atoms. The van der Waals surface area contributed by atoms with Gasteiger partial charge in [-0.1, -0.05) is 18.2 Å². The molecule has 1 aliphatic heterocycles. The van der Waals surface area contributed by atoms with Crippen molar-refractivity contribution in [2.45, 2.75) is 13.5 Å². The molecule has 1 aliphatic rings. The fraction of sp³-hybridized carbons (Fsp3) is 0.500. The van der Waals surface area contributed by atoms with Gasteiger partial charge >= 0.3 is 0 Å². The number of piperazine rings is 1. The van der Waals surface area contributed by atoms with Gasteiger partial charge in [0.25, 0.3) is 5.69 Å². The molecule has 1 heterocycles. The third-order valence-corrected chi connectivity index (χ3v) is 3.11. The fourth-order valence-electron chi connectivity index (χ4n) is 2.22. The van der Waals surface area contributed by atoms with E-state index in [9.17, 15) is 10.1 Å².